The molecule has 110 valence electrons. The molecule has 2 heterocycles. The summed E-state index contributed by atoms with van der Waals surface area (Å²) in [4.78, 5) is 6.87. The van der Waals surface area contributed by atoms with Crippen LogP contribution in [0.1, 0.15) is 31.0 Å². The van der Waals surface area contributed by atoms with Crippen molar-refractivity contribution in [1.82, 2.24) is 14.5 Å². The molecule has 0 N–H and O–H groups in total. The molecule has 2 aliphatic rings. The molecule has 4 rings (SSSR count). The van der Waals surface area contributed by atoms with Crippen LogP contribution >= 0.6 is 0 Å². The van der Waals surface area contributed by atoms with Crippen molar-refractivity contribution in [3.8, 4) is 11.3 Å². The van der Waals surface area contributed by atoms with Crippen LogP contribution in [-0.2, 0) is 5.67 Å². The van der Waals surface area contributed by atoms with Gasteiger partial charge in [0, 0.05) is 18.2 Å². The van der Waals surface area contributed by atoms with Gasteiger partial charge in [0.05, 0.1) is 17.7 Å². The second-order valence-electron chi connectivity index (χ2n) is 6.39. The summed E-state index contributed by atoms with van der Waals surface area (Å²) in [6.07, 6.45) is 4.17. The van der Waals surface area contributed by atoms with E-state index in [0.717, 1.165) is 36.5 Å². The molecular formula is C17H20FN3. The number of imidazole rings is 1. The van der Waals surface area contributed by atoms with Crippen LogP contribution < -0.4 is 0 Å². The normalized spacial score (nSPS) is 24.4. The Bertz CT molecular complexity index is 645. The van der Waals surface area contributed by atoms with Gasteiger partial charge in [-0.2, -0.15) is 0 Å². The lowest BCUT2D eigenvalue weighted by atomic mass is 10.1. The van der Waals surface area contributed by atoms with Crippen molar-refractivity contribution in [2.45, 2.75) is 31.0 Å². The van der Waals surface area contributed by atoms with Gasteiger partial charge < -0.3 is 9.47 Å². The van der Waals surface area contributed by atoms with Crippen LogP contribution in [0, 0.1) is 0 Å². The Hall–Kier alpha value is -1.68. The second kappa shape index (κ2) is 4.67. The van der Waals surface area contributed by atoms with E-state index in [1.54, 1.807) is 0 Å². The maximum absolute atomic E-state index is 14.9. The maximum atomic E-state index is 14.9. The predicted octanol–water partition coefficient (Wildman–Crippen LogP) is 3.39. The Balaban J connectivity index is 1.80. The fourth-order valence-corrected chi connectivity index (χ4v) is 3.37. The van der Waals surface area contributed by atoms with Gasteiger partial charge in [-0.25, -0.2) is 9.37 Å². The Kier molecular flexibility index (Phi) is 2.89. The molecule has 0 amide bonds. The quantitative estimate of drug-likeness (QED) is 0.862. The van der Waals surface area contributed by atoms with Gasteiger partial charge in [-0.1, -0.05) is 30.3 Å². The smallest absolute Gasteiger partial charge is 0.153 e. The number of likely N-dealkylation sites (N-methyl/N-ethyl adjacent to an activating group) is 1. The van der Waals surface area contributed by atoms with Crippen molar-refractivity contribution in [3.63, 3.8) is 0 Å². The number of hydrogen-bond acceptors (Lipinski definition) is 2. The molecule has 1 aliphatic heterocycles. The summed E-state index contributed by atoms with van der Waals surface area (Å²) in [6.45, 7) is 2.05. The van der Waals surface area contributed by atoms with Crippen molar-refractivity contribution >= 4 is 0 Å². The zero-order chi connectivity index (χ0) is 14.4. The Morgan fingerprint density at radius 3 is 2.62 bits per heavy atom. The van der Waals surface area contributed by atoms with Gasteiger partial charge in [-0.15, -0.1) is 0 Å². The standard InChI is InChI=1S/C17H20FN3/c1-20-10-7-14(11-20)21-12-19-15(13-5-3-2-4-6-13)16(21)17(18)8-9-17/h2-6,12,14H,7-11H2,1H3. The monoisotopic (exact) mass is 285 g/mol. The van der Waals surface area contributed by atoms with E-state index in [2.05, 4.69) is 21.5 Å². The van der Waals surface area contributed by atoms with E-state index in [1.165, 1.54) is 0 Å². The molecular weight excluding hydrogens is 265 g/mol. The highest BCUT2D eigenvalue weighted by Crippen LogP contribution is 2.53. The van der Waals surface area contributed by atoms with E-state index in [1.807, 2.05) is 36.7 Å². The Morgan fingerprint density at radius 2 is 2.00 bits per heavy atom. The molecule has 1 aromatic heterocycles. The molecule has 4 heteroatoms. The molecule has 0 bridgehead atoms. The number of aromatic nitrogens is 2. The highest BCUT2D eigenvalue weighted by atomic mass is 19.1. The van der Waals surface area contributed by atoms with E-state index in [4.69, 9.17) is 0 Å². The second-order valence-corrected chi connectivity index (χ2v) is 6.39. The molecule has 0 spiro atoms. The number of alkyl halides is 1. The molecule has 0 radical (unpaired) electrons. The fraction of sp³-hybridized carbons (Fsp3) is 0.471. The molecule has 1 unspecified atom stereocenters. The zero-order valence-electron chi connectivity index (χ0n) is 12.3. The average Bonchev–Trinajstić information content (AvgIpc) is 2.92. The number of likely N-dealkylation sites (tertiary alicyclic amines) is 1. The van der Waals surface area contributed by atoms with Crippen LogP contribution in [0.25, 0.3) is 11.3 Å². The van der Waals surface area contributed by atoms with Gasteiger partial charge in [-0.3, -0.25) is 0 Å². The predicted molar refractivity (Wildman–Crippen MR) is 80.8 cm³/mol. The highest BCUT2D eigenvalue weighted by molar-refractivity contribution is 5.64. The molecule has 1 atom stereocenters. The summed E-state index contributed by atoms with van der Waals surface area (Å²) in [5.41, 5.74) is 1.48. The van der Waals surface area contributed by atoms with Crippen molar-refractivity contribution in [3.05, 3.63) is 42.4 Å². The van der Waals surface area contributed by atoms with Gasteiger partial charge in [0.15, 0.2) is 5.67 Å². The van der Waals surface area contributed by atoms with E-state index >= 15 is 0 Å². The van der Waals surface area contributed by atoms with Gasteiger partial charge in [0.25, 0.3) is 0 Å². The number of nitrogens with zero attached hydrogens (tertiary/aromatic N) is 3. The highest BCUT2D eigenvalue weighted by Gasteiger charge is 2.50. The van der Waals surface area contributed by atoms with Gasteiger partial charge in [0.1, 0.15) is 0 Å². The Morgan fingerprint density at radius 1 is 1.24 bits per heavy atom. The first-order valence-corrected chi connectivity index (χ1v) is 7.67. The third kappa shape index (κ3) is 2.18. The van der Waals surface area contributed by atoms with E-state index in [0.29, 0.717) is 18.9 Å². The van der Waals surface area contributed by atoms with Crippen molar-refractivity contribution < 1.29 is 4.39 Å². The van der Waals surface area contributed by atoms with Gasteiger partial charge >= 0.3 is 0 Å². The van der Waals surface area contributed by atoms with Crippen LogP contribution in [0.4, 0.5) is 4.39 Å². The lowest BCUT2D eigenvalue weighted by Gasteiger charge is -2.18. The molecule has 1 aliphatic carbocycles. The average molecular weight is 285 g/mol. The minimum atomic E-state index is -1.16. The van der Waals surface area contributed by atoms with E-state index in [-0.39, 0.29) is 0 Å². The van der Waals surface area contributed by atoms with Crippen LogP contribution in [0.5, 0.6) is 0 Å². The van der Waals surface area contributed by atoms with Crippen LogP contribution in [0.15, 0.2) is 36.7 Å². The topological polar surface area (TPSA) is 21.1 Å². The number of hydrogen-bond donors (Lipinski definition) is 0. The minimum absolute atomic E-state index is 0.350. The van der Waals surface area contributed by atoms with Crippen LogP contribution in [0.2, 0.25) is 0 Å². The largest absolute Gasteiger partial charge is 0.327 e. The van der Waals surface area contributed by atoms with Crippen LogP contribution in [-0.4, -0.2) is 34.6 Å². The van der Waals surface area contributed by atoms with E-state index < -0.39 is 5.67 Å². The van der Waals surface area contributed by atoms with Crippen molar-refractivity contribution in [2.75, 3.05) is 20.1 Å². The van der Waals surface area contributed by atoms with Crippen LogP contribution in [0.3, 0.4) is 0 Å². The lowest BCUT2D eigenvalue weighted by molar-refractivity contribution is 0.289. The molecule has 1 saturated carbocycles. The summed E-state index contributed by atoms with van der Waals surface area (Å²) in [5, 5.41) is 0. The van der Waals surface area contributed by atoms with Gasteiger partial charge in [0.2, 0.25) is 0 Å². The zero-order valence-corrected chi connectivity index (χ0v) is 12.3. The lowest BCUT2D eigenvalue weighted by Crippen LogP contribution is -2.19. The summed E-state index contributed by atoms with van der Waals surface area (Å²) in [6, 6.07) is 10.3. The summed E-state index contributed by atoms with van der Waals surface area (Å²) < 4.78 is 17.1. The number of rotatable bonds is 3. The molecule has 3 nitrogen and oxygen atoms in total. The maximum Gasteiger partial charge on any atom is 0.153 e. The SMILES string of the molecule is CN1CCC(n2cnc(-c3ccccc3)c2C2(F)CC2)C1. The van der Waals surface area contributed by atoms with Gasteiger partial charge in [-0.05, 0) is 32.9 Å². The third-order valence-electron chi connectivity index (χ3n) is 4.71. The molecule has 2 aromatic rings. The molecule has 2 fully saturated rings. The Labute approximate surface area is 124 Å². The van der Waals surface area contributed by atoms with Crippen molar-refractivity contribution in [1.29, 1.82) is 0 Å². The third-order valence-corrected chi connectivity index (χ3v) is 4.71. The number of halogens is 1. The first-order chi connectivity index (χ1) is 10.2. The van der Waals surface area contributed by atoms with E-state index in [9.17, 15) is 4.39 Å². The molecule has 21 heavy (non-hydrogen) atoms. The number of benzene rings is 1. The molecule has 1 saturated heterocycles. The summed E-state index contributed by atoms with van der Waals surface area (Å²) >= 11 is 0. The minimum Gasteiger partial charge on any atom is -0.327 e. The summed E-state index contributed by atoms with van der Waals surface area (Å²) in [5.74, 6) is 0. The summed E-state index contributed by atoms with van der Waals surface area (Å²) in [7, 11) is 2.12. The first kappa shape index (κ1) is 13.0. The molecule has 1 aromatic carbocycles. The van der Waals surface area contributed by atoms with Crippen molar-refractivity contribution in [2.24, 2.45) is 0 Å². The fourth-order valence-electron chi connectivity index (χ4n) is 3.37. The first-order valence-electron chi connectivity index (χ1n) is 7.67.